The molecule has 7 nitrogen and oxygen atoms in total. The van der Waals surface area contributed by atoms with E-state index in [4.69, 9.17) is 10.2 Å². The number of pyridine rings is 1. The predicted molar refractivity (Wildman–Crippen MR) is 94.4 cm³/mol. The number of rotatable bonds is 6. The van der Waals surface area contributed by atoms with Gasteiger partial charge >= 0.3 is 5.97 Å². The third kappa shape index (κ3) is 3.51. The van der Waals surface area contributed by atoms with Crippen molar-refractivity contribution in [3.8, 4) is 0 Å². The van der Waals surface area contributed by atoms with Crippen LogP contribution in [0.15, 0.2) is 48.5 Å². The van der Waals surface area contributed by atoms with Gasteiger partial charge in [0.2, 0.25) is 5.91 Å². The Labute approximate surface area is 143 Å². The van der Waals surface area contributed by atoms with Gasteiger partial charge in [0, 0.05) is 10.8 Å². The van der Waals surface area contributed by atoms with E-state index in [2.05, 4.69) is 15.6 Å². The number of aliphatic hydroxyl groups is 1. The van der Waals surface area contributed by atoms with E-state index >= 15 is 0 Å². The first-order valence-electron chi connectivity index (χ1n) is 7.74. The lowest BCUT2D eigenvalue weighted by molar-refractivity contribution is -0.142. The fourth-order valence-corrected chi connectivity index (χ4v) is 2.63. The van der Waals surface area contributed by atoms with Crippen LogP contribution in [-0.4, -0.2) is 46.3 Å². The van der Waals surface area contributed by atoms with Gasteiger partial charge in [0.15, 0.2) is 0 Å². The molecule has 0 aliphatic rings. The normalized spacial score (nSPS) is 12.0. The lowest BCUT2D eigenvalue weighted by Crippen LogP contribution is -2.45. The molecule has 1 heterocycles. The fraction of sp³-hybridized carbons (Fsp3) is 0.167. The maximum absolute atomic E-state index is 12.0. The molecular formula is C18H17N3O4. The third-order valence-electron chi connectivity index (χ3n) is 3.83. The van der Waals surface area contributed by atoms with E-state index in [1.54, 1.807) is 0 Å². The molecule has 25 heavy (non-hydrogen) atoms. The van der Waals surface area contributed by atoms with Crippen molar-refractivity contribution in [2.45, 2.75) is 6.04 Å². The number of anilines is 1. The largest absolute Gasteiger partial charge is 0.480 e. The molecule has 1 amide bonds. The van der Waals surface area contributed by atoms with Crippen molar-refractivity contribution < 1.29 is 19.8 Å². The number of carbonyl (C=O) groups is 2. The average molecular weight is 339 g/mol. The van der Waals surface area contributed by atoms with Gasteiger partial charge in [-0.25, -0.2) is 9.78 Å². The van der Waals surface area contributed by atoms with Crippen molar-refractivity contribution in [1.29, 1.82) is 0 Å². The molecule has 0 aliphatic carbocycles. The maximum Gasteiger partial charge on any atom is 0.328 e. The van der Waals surface area contributed by atoms with Gasteiger partial charge in [0.1, 0.15) is 6.04 Å². The summed E-state index contributed by atoms with van der Waals surface area (Å²) >= 11 is 0. The lowest BCUT2D eigenvalue weighted by Gasteiger charge is -2.15. The summed E-state index contributed by atoms with van der Waals surface area (Å²) < 4.78 is 0. The van der Waals surface area contributed by atoms with Gasteiger partial charge in [-0.3, -0.25) is 4.79 Å². The molecule has 4 N–H and O–H groups in total. The van der Waals surface area contributed by atoms with Crippen molar-refractivity contribution in [2.75, 3.05) is 18.5 Å². The number of fused-ring (bicyclic) bond motifs is 2. The van der Waals surface area contributed by atoms with Crippen molar-refractivity contribution in [3.05, 3.63) is 48.5 Å². The van der Waals surface area contributed by atoms with Crippen LogP contribution in [-0.2, 0) is 9.59 Å². The van der Waals surface area contributed by atoms with Gasteiger partial charge in [0.05, 0.1) is 29.9 Å². The van der Waals surface area contributed by atoms with E-state index in [0.717, 1.165) is 27.5 Å². The molecule has 1 unspecified atom stereocenters. The van der Waals surface area contributed by atoms with E-state index in [-0.39, 0.29) is 6.54 Å². The minimum absolute atomic E-state index is 0.123. The summed E-state index contributed by atoms with van der Waals surface area (Å²) in [7, 11) is 0. The number of hydrogen-bond acceptors (Lipinski definition) is 5. The zero-order valence-electron chi connectivity index (χ0n) is 13.3. The van der Waals surface area contributed by atoms with Crippen LogP contribution in [0.1, 0.15) is 0 Å². The van der Waals surface area contributed by atoms with Crippen molar-refractivity contribution in [3.63, 3.8) is 0 Å². The van der Waals surface area contributed by atoms with Crippen LogP contribution in [0.2, 0.25) is 0 Å². The van der Waals surface area contributed by atoms with Crippen molar-refractivity contribution >= 4 is 39.4 Å². The zero-order chi connectivity index (χ0) is 17.8. The molecule has 3 rings (SSSR count). The van der Waals surface area contributed by atoms with Crippen LogP contribution >= 0.6 is 0 Å². The number of aliphatic carboxylic acids is 1. The van der Waals surface area contributed by atoms with Gasteiger partial charge in [-0.05, 0) is 12.1 Å². The number of aromatic nitrogens is 1. The first-order chi connectivity index (χ1) is 12.1. The average Bonchev–Trinajstić information content (AvgIpc) is 2.62. The number of carboxylic acid groups (broad SMARTS) is 1. The summed E-state index contributed by atoms with van der Waals surface area (Å²) in [6.45, 7) is -0.788. The highest BCUT2D eigenvalue weighted by molar-refractivity contribution is 6.08. The molecular weight excluding hydrogens is 322 g/mol. The van der Waals surface area contributed by atoms with Crippen LogP contribution in [0.3, 0.4) is 0 Å². The molecule has 0 aliphatic heterocycles. The summed E-state index contributed by atoms with van der Waals surface area (Å²) in [4.78, 5) is 27.5. The van der Waals surface area contributed by atoms with Crippen LogP contribution in [0.4, 0.5) is 5.69 Å². The molecule has 0 fully saturated rings. The number of nitrogens with zero attached hydrogens (tertiary/aromatic N) is 1. The predicted octanol–water partition coefficient (Wildman–Crippen LogP) is 1.36. The summed E-state index contributed by atoms with van der Waals surface area (Å²) in [5, 5.41) is 24.9. The Balaban J connectivity index is 1.89. The number of hydrogen-bond donors (Lipinski definition) is 4. The Bertz CT molecular complexity index is 888. The smallest absolute Gasteiger partial charge is 0.328 e. The van der Waals surface area contributed by atoms with Crippen molar-refractivity contribution in [1.82, 2.24) is 10.3 Å². The highest BCUT2D eigenvalue weighted by Crippen LogP contribution is 2.30. The first-order valence-corrected chi connectivity index (χ1v) is 7.74. The molecule has 0 saturated carbocycles. The number of para-hydroxylation sites is 2. The van der Waals surface area contributed by atoms with Crippen LogP contribution in [0.25, 0.3) is 21.8 Å². The minimum Gasteiger partial charge on any atom is -0.480 e. The minimum atomic E-state index is -1.32. The molecule has 0 bridgehead atoms. The monoisotopic (exact) mass is 339 g/mol. The number of aliphatic hydroxyl groups excluding tert-OH is 1. The number of carboxylic acids is 1. The zero-order valence-corrected chi connectivity index (χ0v) is 13.3. The van der Waals surface area contributed by atoms with Crippen LogP contribution < -0.4 is 10.6 Å². The Morgan fingerprint density at radius 3 is 2.08 bits per heavy atom. The molecule has 128 valence electrons. The third-order valence-corrected chi connectivity index (χ3v) is 3.83. The molecule has 2 aromatic carbocycles. The molecule has 1 atom stereocenters. The summed E-state index contributed by atoms with van der Waals surface area (Å²) in [5.41, 5.74) is 2.35. The standard InChI is InChI=1S/C18H17N3O4/c22-10-15(18(24)25)21-16(23)9-19-17-11-5-1-3-7-13(11)20-14-8-4-2-6-12(14)17/h1-8,15,22H,9-10H2,(H,19,20)(H,21,23)(H,24,25). The molecule has 7 heteroatoms. The highest BCUT2D eigenvalue weighted by atomic mass is 16.4. The van der Waals surface area contributed by atoms with E-state index in [1.807, 2.05) is 48.5 Å². The number of benzene rings is 2. The van der Waals surface area contributed by atoms with Gasteiger partial charge in [-0.15, -0.1) is 0 Å². The lowest BCUT2D eigenvalue weighted by atomic mass is 10.1. The fourth-order valence-electron chi connectivity index (χ4n) is 2.63. The summed E-state index contributed by atoms with van der Waals surface area (Å²) in [6, 6.07) is 13.8. The Kier molecular flexibility index (Phi) is 4.76. The topological polar surface area (TPSA) is 112 Å². The summed E-state index contributed by atoms with van der Waals surface area (Å²) in [5.74, 6) is -1.80. The molecule has 0 spiro atoms. The Morgan fingerprint density at radius 1 is 1.00 bits per heavy atom. The van der Waals surface area contributed by atoms with E-state index in [0.29, 0.717) is 0 Å². The van der Waals surface area contributed by atoms with Gasteiger partial charge < -0.3 is 20.8 Å². The Hall–Kier alpha value is -3.19. The van der Waals surface area contributed by atoms with Crippen LogP contribution in [0.5, 0.6) is 0 Å². The van der Waals surface area contributed by atoms with E-state index in [9.17, 15) is 9.59 Å². The van der Waals surface area contributed by atoms with Crippen molar-refractivity contribution in [2.24, 2.45) is 0 Å². The molecule has 0 saturated heterocycles. The Morgan fingerprint density at radius 2 is 1.56 bits per heavy atom. The summed E-state index contributed by atoms with van der Waals surface area (Å²) in [6.07, 6.45) is 0. The van der Waals surface area contributed by atoms with E-state index < -0.39 is 24.5 Å². The first kappa shape index (κ1) is 16.7. The quantitative estimate of drug-likeness (QED) is 0.505. The number of nitrogens with one attached hydrogen (secondary N) is 2. The molecule has 1 aromatic heterocycles. The number of carbonyl (C=O) groups excluding carboxylic acids is 1. The van der Waals surface area contributed by atoms with Gasteiger partial charge in [0.25, 0.3) is 0 Å². The molecule has 3 aromatic rings. The molecule has 0 radical (unpaired) electrons. The second kappa shape index (κ2) is 7.14. The van der Waals surface area contributed by atoms with Gasteiger partial charge in [-0.2, -0.15) is 0 Å². The van der Waals surface area contributed by atoms with Crippen LogP contribution in [0, 0.1) is 0 Å². The van der Waals surface area contributed by atoms with E-state index in [1.165, 1.54) is 0 Å². The number of amides is 1. The highest BCUT2D eigenvalue weighted by Gasteiger charge is 2.18. The SMILES string of the molecule is O=C(CNc1c2ccccc2nc2ccccc12)NC(CO)C(=O)O. The second-order valence-corrected chi connectivity index (χ2v) is 5.52. The maximum atomic E-state index is 12.0. The second-order valence-electron chi connectivity index (χ2n) is 5.52. The van der Waals surface area contributed by atoms with Gasteiger partial charge in [-0.1, -0.05) is 36.4 Å².